The van der Waals surface area contributed by atoms with Crippen molar-refractivity contribution in [3.8, 4) is 0 Å². The number of methoxy groups -OCH3 is 3. The molecule has 1 rings (SSSR count). The van der Waals surface area contributed by atoms with Gasteiger partial charge in [-0.25, -0.2) is 0 Å². The summed E-state index contributed by atoms with van der Waals surface area (Å²) in [5.74, 6) is 0.0871. The summed E-state index contributed by atoms with van der Waals surface area (Å²) in [6, 6.07) is 0. The topological polar surface area (TPSA) is 48.0 Å². The molecule has 1 fully saturated rings. The molecule has 88 valence electrons. The number of nitrogens with zero attached hydrogens (tertiary/aromatic N) is 1. The second kappa shape index (κ2) is 6.17. The minimum Gasteiger partial charge on any atom is -0.377 e. The normalized spacial score (nSPS) is 27.1. The van der Waals surface area contributed by atoms with Gasteiger partial charge in [0.2, 0.25) is 0 Å². The SMILES string of the molecule is COCC(=O)CN1CC(OC)C(OC)C1. The van der Waals surface area contributed by atoms with E-state index in [-0.39, 0.29) is 24.6 Å². The molecule has 5 heteroatoms. The van der Waals surface area contributed by atoms with Gasteiger partial charge in [0.15, 0.2) is 5.78 Å². The first-order valence-corrected chi connectivity index (χ1v) is 4.99. The molecule has 1 aliphatic rings. The molecule has 0 aromatic carbocycles. The predicted octanol–water partition coefficient (Wildman–Crippen LogP) is -0.452. The van der Waals surface area contributed by atoms with Crippen LogP contribution in [-0.2, 0) is 19.0 Å². The Labute approximate surface area is 90.3 Å². The predicted molar refractivity (Wildman–Crippen MR) is 54.9 cm³/mol. The highest BCUT2D eigenvalue weighted by Crippen LogP contribution is 2.15. The van der Waals surface area contributed by atoms with Gasteiger partial charge < -0.3 is 14.2 Å². The van der Waals surface area contributed by atoms with E-state index >= 15 is 0 Å². The highest BCUT2D eigenvalue weighted by Gasteiger charge is 2.33. The molecular formula is C10H19NO4. The van der Waals surface area contributed by atoms with Crippen molar-refractivity contribution >= 4 is 5.78 Å². The lowest BCUT2D eigenvalue weighted by Crippen LogP contribution is -2.30. The van der Waals surface area contributed by atoms with Gasteiger partial charge in [0.25, 0.3) is 0 Å². The van der Waals surface area contributed by atoms with Crippen LogP contribution in [0.3, 0.4) is 0 Å². The zero-order valence-electron chi connectivity index (χ0n) is 9.56. The molecule has 0 aromatic rings. The van der Waals surface area contributed by atoms with Crippen molar-refractivity contribution in [2.75, 3.05) is 47.6 Å². The van der Waals surface area contributed by atoms with Crippen LogP contribution in [0.1, 0.15) is 0 Å². The molecule has 1 heterocycles. The largest absolute Gasteiger partial charge is 0.377 e. The molecule has 0 N–H and O–H groups in total. The van der Waals surface area contributed by atoms with Crippen LogP contribution >= 0.6 is 0 Å². The Balaban J connectivity index is 2.36. The molecule has 0 aromatic heterocycles. The molecule has 0 spiro atoms. The average Bonchev–Trinajstić information content (AvgIpc) is 2.60. The second-order valence-electron chi connectivity index (χ2n) is 3.71. The van der Waals surface area contributed by atoms with Gasteiger partial charge in [-0.3, -0.25) is 9.69 Å². The van der Waals surface area contributed by atoms with Gasteiger partial charge in [-0.05, 0) is 0 Å². The van der Waals surface area contributed by atoms with E-state index in [2.05, 4.69) is 0 Å². The van der Waals surface area contributed by atoms with Crippen LogP contribution in [0.2, 0.25) is 0 Å². The van der Waals surface area contributed by atoms with Gasteiger partial charge in [-0.15, -0.1) is 0 Å². The third kappa shape index (κ3) is 3.53. The van der Waals surface area contributed by atoms with E-state index in [1.807, 2.05) is 4.90 Å². The van der Waals surface area contributed by atoms with Crippen molar-refractivity contribution in [1.82, 2.24) is 4.90 Å². The lowest BCUT2D eigenvalue weighted by molar-refractivity contribution is -0.123. The van der Waals surface area contributed by atoms with E-state index in [9.17, 15) is 4.79 Å². The van der Waals surface area contributed by atoms with Crippen LogP contribution in [0.5, 0.6) is 0 Å². The van der Waals surface area contributed by atoms with Crippen molar-refractivity contribution in [3.63, 3.8) is 0 Å². The van der Waals surface area contributed by atoms with Crippen molar-refractivity contribution in [1.29, 1.82) is 0 Å². The fraction of sp³-hybridized carbons (Fsp3) is 0.900. The Morgan fingerprint density at radius 3 is 2.13 bits per heavy atom. The van der Waals surface area contributed by atoms with Crippen LogP contribution in [0.25, 0.3) is 0 Å². The third-order valence-corrected chi connectivity index (χ3v) is 2.60. The number of Topliss-reactive ketones (excluding diaryl/α,β-unsaturated/α-hetero) is 1. The zero-order valence-corrected chi connectivity index (χ0v) is 9.56. The lowest BCUT2D eigenvalue weighted by Gasteiger charge is -2.13. The highest BCUT2D eigenvalue weighted by atomic mass is 16.5. The van der Waals surface area contributed by atoms with Crippen molar-refractivity contribution in [3.05, 3.63) is 0 Å². The molecule has 0 aliphatic carbocycles. The molecule has 0 radical (unpaired) electrons. The number of hydrogen-bond acceptors (Lipinski definition) is 5. The minimum absolute atomic E-state index is 0.0605. The summed E-state index contributed by atoms with van der Waals surface area (Å²) < 4.78 is 15.3. The maximum atomic E-state index is 11.3. The molecule has 1 saturated heterocycles. The van der Waals surface area contributed by atoms with Gasteiger partial charge in [0, 0.05) is 34.4 Å². The Bertz CT molecular complexity index is 198. The van der Waals surface area contributed by atoms with Crippen LogP contribution in [0.4, 0.5) is 0 Å². The van der Waals surface area contributed by atoms with Crippen LogP contribution in [0.15, 0.2) is 0 Å². The van der Waals surface area contributed by atoms with Crippen molar-refractivity contribution in [2.24, 2.45) is 0 Å². The average molecular weight is 217 g/mol. The minimum atomic E-state index is 0.0605. The standard InChI is InChI=1S/C10H19NO4/c1-13-7-8(12)4-11-5-9(14-2)10(6-11)15-3/h9-10H,4-7H2,1-3H3. The third-order valence-electron chi connectivity index (χ3n) is 2.60. The first-order chi connectivity index (χ1) is 7.21. The molecule has 1 aliphatic heterocycles. The Hall–Kier alpha value is -0.490. The number of ketones is 1. The maximum absolute atomic E-state index is 11.3. The smallest absolute Gasteiger partial charge is 0.172 e. The number of likely N-dealkylation sites (tertiary alicyclic amines) is 1. The summed E-state index contributed by atoms with van der Waals surface area (Å²) in [6.07, 6.45) is 0.121. The van der Waals surface area contributed by atoms with Gasteiger partial charge in [-0.1, -0.05) is 0 Å². The molecule has 0 bridgehead atoms. The summed E-state index contributed by atoms with van der Waals surface area (Å²) in [5, 5.41) is 0. The number of hydrogen-bond donors (Lipinski definition) is 0. The van der Waals surface area contributed by atoms with Gasteiger partial charge >= 0.3 is 0 Å². The maximum Gasteiger partial charge on any atom is 0.172 e. The van der Waals surface area contributed by atoms with Gasteiger partial charge in [0.05, 0.1) is 18.8 Å². The van der Waals surface area contributed by atoms with Crippen molar-refractivity contribution in [2.45, 2.75) is 12.2 Å². The molecule has 0 amide bonds. The van der Waals surface area contributed by atoms with Crippen LogP contribution in [-0.4, -0.2) is 70.5 Å². The number of ether oxygens (including phenoxy) is 3. The Morgan fingerprint density at radius 1 is 1.20 bits per heavy atom. The number of carbonyl (C=O) groups is 1. The monoisotopic (exact) mass is 217 g/mol. The van der Waals surface area contributed by atoms with Crippen LogP contribution < -0.4 is 0 Å². The molecular weight excluding hydrogens is 198 g/mol. The Morgan fingerprint density at radius 2 is 1.73 bits per heavy atom. The molecule has 2 atom stereocenters. The summed E-state index contributed by atoms with van der Waals surface area (Å²) in [4.78, 5) is 13.4. The summed E-state index contributed by atoms with van der Waals surface area (Å²) in [7, 11) is 4.85. The van der Waals surface area contributed by atoms with E-state index < -0.39 is 0 Å². The van der Waals surface area contributed by atoms with E-state index in [1.165, 1.54) is 7.11 Å². The van der Waals surface area contributed by atoms with E-state index in [0.717, 1.165) is 13.1 Å². The quantitative estimate of drug-likeness (QED) is 0.603. The summed E-state index contributed by atoms with van der Waals surface area (Å²) in [6.45, 7) is 2.06. The number of rotatable bonds is 6. The first kappa shape index (κ1) is 12.6. The zero-order chi connectivity index (χ0) is 11.3. The van der Waals surface area contributed by atoms with Crippen LogP contribution in [0, 0.1) is 0 Å². The van der Waals surface area contributed by atoms with E-state index in [4.69, 9.17) is 14.2 Å². The molecule has 15 heavy (non-hydrogen) atoms. The fourth-order valence-electron chi connectivity index (χ4n) is 1.86. The van der Waals surface area contributed by atoms with Crippen molar-refractivity contribution < 1.29 is 19.0 Å². The molecule has 5 nitrogen and oxygen atoms in total. The number of carbonyl (C=O) groups excluding carboxylic acids is 1. The fourth-order valence-corrected chi connectivity index (χ4v) is 1.86. The summed E-state index contributed by atoms with van der Waals surface area (Å²) >= 11 is 0. The highest BCUT2D eigenvalue weighted by molar-refractivity contribution is 5.81. The Kier molecular flexibility index (Phi) is 5.17. The summed E-state index contributed by atoms with van der Waals surface area (Å²) in [5.41, 5.74) is 0. The lowest BCUT2D eigenvalue weighted by atomic mass is 10.3. The van der Waals surface area contributed by atoms with E-state index in [0.29, 0.717) is 6.54 Å². The first-order valence-electron chi connectivity index (χ1n) is 4.99. The van der Waals surface area contributed by atoms with Gasteiger partial charge in [0.1, 0.15) is 6.61 Å². The molecule has 2 unspecified atom stereocenters. The van der Waals surface area contributed by atoms with Gasteiger partial charge in [-0.2, -0.15) is 0 Å². The van der Waals surface area contributed by atoms with E-state index in [1.54, 1.807) is 14.2 Å². The molecule has 0 saturated carbocycles. The second-order valence-corrected chi connectivity index (χ2v) is 3.71.